The van der Waals surface area contributed by atoms with Gasteiger partial charge in [0.15, 0.2) is 11.0 Å². The molecule has 0 fully saturated rings. The first kappa shape index (κ1) is 12.4. The molecule has 0 aliphatic heterocycles. The van der Waals surface area contributed by atoms with Crippen LogP contribution < -0.4 is 5.32 Å². The van der Waals surface area contributed by atoms with Crippen molar-refractivity contribution >= 4 is 29.1 Å². The first-order valence-electron chi connectivity index (χ1n) is 4.30. The Labute approximate surface area is 97.5 Å². The molecule has 0 spiro atoms. The lowest BCUT2D eigenvalue weighted by atomic mass is 10.4. The molecule has 1 heterocycles. The number of methoxy groups -OCH3 is 1. The highest BCUT2D eigenvalue weighted by atomic mass is 35.5. The van der Waals surface area contributed by atoms with Crippen LogP contribution >= 0.6 is 23.2 Å². The minimum atomic E-state index is -0.344. The zero-order chi connectivity index (χ0) is 11.3. The van der Waals surface area contributed by atoms with Crippen LogP contribution in [0, 0.1) is 0 Å². The van der Waals surface area contributed by atoms with Gasteiger partial charge in [-0.2, -0.15) is 0 Å². The summed E-state index contributed by atoms with van der Waals surface area (Å²) < 4.78 is 9.73. The van der Waals surface area contributed by atoms with Crippen molar-refractivity contribution in [3.63, 3.8) is 0 Å². The van der Waals surface area contributed by atoms with Gasteiger partial charge < -0.3 is 14.5 Å². The maximum atomic E-state index is 11.4. The van der Waals surface area contributed by atoms with Crippen LogP contribution in [0.15, 0.2) is 16.5 Å². The Balaban J connectivity index is 2.36. The monoisotopic (exact) mass is 251 g/mol. The van der Waals surface area contributed by atoms with E-state index in [0.29, 0.717) is 13.2 Å². The molecule has 6 heteroatoms. The van der Waals surface area contributed by atoms with Crippen LogP contribution in [-0.4, -0.2) is 31.5 Å². The SMILES string of the molecule is COCC(Cl)CNC(=O)c1ccc(Cl)o1. The fourth-order valence-electron chi connectivity index (χ4n) is 0.967. The van der Waals surface area contributed by atoms with Crippen LogP contribution in [0.5, 0.6) is 0 Å². The standard InChI is InChI=1S/C9H11Cl2NO3/c1-14-5-6(10)4-12-9(13)7-2-3-8(11)15-7/h2-3,6H,4-5H2,1H3,(H,12,13). The van der Waals surface area contributed by atoms with E-state index >= 15 is 0 Å². The summed E-state index contributed by atoms with van der Waals surface area (Å²) in [7, 11) is 1.55. The Hall–Kier alpha value is -0.710. The fraction of sp³-hybridized carbons (Fsp3) is 0.444. The number of furan rings is 1. The van der Waals surface area contributed by atoms with Crippen LogP contribution in [0.3, 0.4) is 0 Å². The summed E-state index contributed by atoms with van der Waals surface area (Å²) in [5.41, 5.74) is 0. The predicted molar refractivity (Wildman–Crippen MR) is 57.6 cm³/mol. The molecule has 0 bridgehead atoms. The Bertz CT molecular complexity index is 327. The quantitative estimate of drug-likeness (QED) is 0.814. The van der Waals surface area contributed by atoms with E-state index in [1.807, 2.05) is 0 Å². The summed E-state index contributed by atoms with van der Waals surface area (Å²) in [5.74, 6) is -0.176. The largest absolute Gasteiger partial charge is 0.440 e. The molecule has 1 amide bonds. The zero-order valence-electron chi connectivity index (χ0n) is 8.13. The van der Waals surface area contributed by atoms with Gasteiger partial charge in [0, 0.05) is 13.7 Å². The summed E-state index contributed by atoms with van der Waals surface area (Å²) in [6.45, 7) is 0.688. The molecule has 1 N–H and O–H groups in total. The highest BCUT2D eigenvalue weighted by Gasteiger charge is 2.12. The third kappa shape index (κ3) is 4.11. The van der Waals surface area contributed by atoms with Crippen molar-refractivity contribution in [2.45, 2.75) is 5.38 Å². The topological polar surface area (TPSA) is 51.5 Å². The van der Waals surface area contributed by atoms with E-state index in [-0.39, 0.29) is 22.3 Å². The minimum absolute atomic E-state index is 0.168. The van der Waals surface area contributed by atoms with E-state index in [1.54, 1.807) is 7.11 Å². The van der Waals surface area contributed by atoms with E-state index in [9.17, 15) is 4.79 Å². The molecule has 1 rings (SSSR count). The van der Waals surface area contributed by atoms with Crippen LogP contribution in [0.1, 0.15) is 10.6 Å². The second-order valence-electron chi connectivity index (χ2n) is 2.87. The molecule has 15 heavy (non-hydrogen) atoms. The lowest BCUT2D eigenvalue weighted by Gasteiger charge is -2.08. The normalized spacial score (nSPS) is 12.5. The highest BCUT2D eigenvalue weighted by molar-refractivity contribution is 6.29. The lowest BCUT2D eigenvalue weighted by Crippen LogP contribution is -2.31. The van der Waals surface area contributed by atoms with Crippen LogP contribution in [0.2, 0.25) is 5.22 Å². The second kappa shape index (κ2) is 6.00. The predicted octanol–water partition coefficient (Wildman–Crippen LogP) is 1.92. The van der Waals surface area contributed by atoms with E-state index in [4.69, 9.17) is 32.4 Å². The molecule has 1 atom stereocenters. The average molecular weight is 252 g/mol. The maximum Gasteiger partial charge on any atom is 0.287 e. The number of nitrogens with one attached hydrogen (secondary N) is 1. The third-order valence-corrected chi connectivity index (χ3v) is 2.11. The molecule has 0 aliphatic carbocycles. The smallest absolute Gasteiger partial charge is 0.287 e. The van der Waals surface area contributed by atoms with Crippen molar-refractivity contribution in [2.24, 2.45) is 0 Å². The summed E-state index contributed by atoms with van der Waals surface area (Å²) >= 11 is 11.3. The molecule has 0 radical (unpaired) electrons. The molecular weight excluding hydrogens is 241 g/mol. The van der Waals surface area contributed by atoms with Crippen molar-refractivity contribution in [3.8, 4) is 0 Å². The summed E-state index contributed by atoms with van der Waals surface area (Å²) in [6.07, 6.45) is 0. The maximum absolute atomic E-state index is 11.4. The van der Waals surface area contributed by atoms with Gasteiger partial charge in [0.05, 0.1) is 12.0 Å². The van der Waals surface area contributed by atoms with Gasteiger partial charge in [0.2, 0.25) is 0 Å². The van der Waals surface area contributed by atoms with Gasteiger partial charge in [0.25, 0.3) is 5.91 Å². The van der Waals surface area contributed by atoms with E-state index in [0.717, 1.165) is 0 Å². The lowest BCUT2D eigenvalue weighted by molar-refractivity contribution is 0.0921. The summed E-state index contributed by atoms with van der Waals surface area (Å²) in [6, 6.07) is 3.00. The number of rotatable bonds is 5. The zero-order valence-corrected chi connectivity index (χ0v) is 9.64. The molecule has 0 saturated carbocycles. The highest BCUT2D eigenvalue weighted by Crippen LogP contribution is 2.12. The van der Waals surface area contributed by atoms with Gasteiger partial charge in [-0.3, -0.25) is 4.79 Å². The number of carbonyl (C=O) groups excluding carboxylic acids is 1. The van der Waals surface area contributed by atoms with E-state index in [2.05, 4.69) is 5.32 Å². The van der Waals surface area contributed by atoms with E-state index < -0.39 is 0 Å². The average Bonchev–Trinajstić information content (AvgIpc) is 2.62. The van der Waals surface area contributed by atoms with Crippen molar-refractivity contribution in [2.75, 3.05) is 20.3 Å². The minimum Gasteiger partial charge on any atom is -0.440 e. The first-order valence-corrected chi connectivity index (χ1v) is 5.11. The third-order valence-electron chi connectivity index (χ3n) is 1.63. The summed E-state index contributed by atoms with van der Waals surface area (Å²) in [4.78, 5) is 11.4. The Morgan fingerprint density at radius 2 is 2.40 bits per heavy atom. The number of hydrogen-bond donors (Lipinski definition) is 1. The van der Waals surface area contributed by atoms with Crippen molar-refractivity contribution in [1.29, 1.82) is 0 Å². The Morgan fingerprint density at radius 1 is 1.67 bits per heavy atom. The molecule has 0 saturated heterocycles. The molecule has 1 unspecified atom stereocenters. The Kier molecular flexibility index (Phi) is 4.94. The molecule has 1 aromatic heterocycles. The molecule has 0 aromatic carbocycles. The summed E-state index contributed by atoms with van der Waals surface area (Å²) in [5, 5.41) is 2.51. The van der Waals surface area contributed by atoms with Gasteiger partial charge in [-0.05, 0) is 23.7 Å². The second-order valence-corrected chi connectivity index (χ2v) is 3.86. The van der Waals surface area contributed by atoms with Crippen molar-refractivity contribution in [3.05, 3.63) is 23.1 Å². The number of carbonyl (C=O) groups is 1. The molecule has 0 aliphatic rings. The van der Waals surface area contributed by atoms with Gasteiger partial charge >= 0.3 is 0 Å². The number of halogens is 2. The molecular formula is C9H11Cl2NO3. The molecule has 4 nitrogen and oxygen atoms in total. The number of amides is 1. The van der Waals surface area contributed by atoms with Crippen LogP contribution in [0.25, 0.3) is 0 Å². The van der Waals surface area contributed by atoms with Crippen LogP contribution in [-0.2, 0) is 4.74 Å². The van der Waals surface area contributed by atoms with Crippen molar-refractivity contribution in [1.82, 2.24) is 5.32 Å². The number of ether oxygens (including phenoxy) is 1. The molecule has 1 aromatic rings. The van der Waals surface area contributed by atoms with Gasteiger partial charge in [-0.25, -0.2) is 0 Å². The number of alkyl halides is 1. The van der Waals surface area contributed by atoms with Crippen molar-refractivity contribution < 1.29 is 13.9 Å². The number of hydrogen-bond acceptors (Lipinski definition) is 3. The first-order chi connectivity index (χ1) is 7.13. The van der Waals surface area contributed by atoms with Gasteiger partial charge in [-0.15, -0.1) is 11.6 Å². The van der Waals surface area contributed by atoms with Gasteiger partial charge in [0.1, 0.15) is 0 Å². The van der Waals surface area contributed by atoms with Crippen LogP contribution in [0.4, 0.5) is 0 Å². The Morgan fingerprint density at radius 3 is 2.93 bits per heavy atom. The molecule has 84 valence electrons. The van der Waals surface area contributed by atoms with Gasteiger partial charge in [-0.1, -0.05) is 0 Å². The fourth-order valence-corrected chi connectivity index (χ4v) is 1.32. The van der Waals surface area contributed by atoms with E-state index in [1.165, 1.54) is 12.1 Å².